The molecule has 1 fully saturated rings. The predicted octanol–water partition coefficient (Wildman–Crippen LogP) is -0.0806. The van der Waals surface area contributed by atoms with Gasteiger partial charge in [0.25, 0.3) is 0 Å². The number of amides is 1. The number of carboxylic acids is 1. The van der Waals surface area contributed by atoms with E-state index >= 15 is 0 Å². The summed E-state index contributed by atoms with van der Waals surface area (Å²) >= 11 is 0. The molecule has 6 heteroatoms. The molecule has 0 saturated carbocycles. The lowest BCUT2D eigenvalue weighted by molar-refractivity contribution is -0.138. The molecular weight excluding hydrogens is 258 g/mol. The van der Waals surface area contributed by atoms with E-state index in [0.717, 1.165) is 17.8 Å². The maximum atomic E-state index is 12.0. The van der Waals surface area contributed by atoms with Gasteiger partial charge < -0.3 is 15.7 Å². The van der Waals surface area contributed by atoms with E-state index in [0.29, 0.717) is 13.1 Å². The first kappa shape index (κ1) is 14.5. The Kier molecular flexibility index (Phi) is 4.36. The van der Waals surface area contributed by atoms with Gasteiger partial charge in [0.1, 0.15) is 6.04 Å². The number of rotatable bonds is 4. The molecule has 1 aliphatic heterocycles. The number of piperazine rings is 1. The molecule has 1 unspecified atom stereocenters. The molecule has 108 valence electrons. The van der Waals surface area contributed by atoms with Crippen LogP contribution in [-0.2, 0) is 16.0 Å². The Balaban J connectivity index is 2.13. The molecule has 1 aromatic rings. The third-order valence-corrected chi connectivity index (χ3v) is 3.41. The number of benzene rings is 1. The van der Waals surface area contributed by atoms with E-state index in [1.165, 1.54) is 0 Å². The standard InChI is InChI=1S/C14H19N3O3/c1-16-5-6-17(13(18)9-16)11-4-2-3-10(7-11)8-12(15)14(19)20/h2-4,7,12H,5-6,8-9,15H2,1H3,(H,19,20). The average molecular weight is 277 g/mol. The number of nitrogens with two attached hydrogens (primary N) is 1. The SMILES string of the molecule is CN1CCN(c2cccc(CC(N)C(=O)O)c2)C(=O)C1. The van der Waals surface area contributed by atoms with Crippen LogP contribution in [0.25, 0.3) is 0 Å². The van der Waals surface area contributed by atoms with Crippen molar-refractivity contribution >= 4 is 17.6 Å². The van der Waals surface area contributed by atoms with Crippen LogP contribution in [-0.4, -0.2) is 54.6 Å². The molecule has 0 bridgehead atoms. The zero-order chi connectivity index (χ0) is 14.7. The van der Waals surface area contributed by atoms with Crippen molar-refractivity contribution in [2.24, 2.45) is 5.73 Å². The fourth-order valence-electron chi connectivity index (χ4n) is 2.26. The van der Waals surface area contributed by atoms with Gasteiger partial charge in [0, 0.05) is 18.8 Å². The van der Waals surface area contributed by atoms with Crippen molar-refractivity contribution in [1.82, 2.24) is 4.90 Å². The second-order valence-corrected chi connectivity index (χ2v) is 5.10. The first-order valence-corrected chi connectivity index (χ1v) is 6.53. The number of aliphatic carboxylic acids is 1. The molecule has 1 saturated heterocycles. The number of nitrogens with zero attached hydrogens (tertiary/aromatic N) is 2. The number of carboxylic acid groups (broad SMARTS) is 1. The van der Waals surface area contributed by atoms with E-state index in [1.807, 2.05) is 36.2 Å². The number of carbonyl (C=O) groups excluding carboxylic acids is 1. The Bertz CT molecular complexity index is 518. The highest BCUT2D eigenvalue weighted by Crippen LogP contribution is 2.19. The van der Waals surface area contributed by atoms with Crippen LogP contribution in [0, 0.1) is 0 Å². The van der Waals surface area contributed by atoms with Crippen molar-refractivity contribution in [2.45, 2.75) is 12.5 Å². The molecule has 0 spiro atoms. The Hall–Kier alpha value is -1.92. The molecule has 1 aromatic carbocycles. The number of carbonyl (C=O) groups is 2. The van der Waals surface area contributed by atoms with Crippen molar-refractivity contribution in [3.05, 3.63) is 29.8 Å². The summed E-state index contributed by atoms with van der Waals surface area (Å²) in [5.74, 6) is -0.968. The monoisotopic (exact) mass is 277 g/mol. The van der Waals surface area contributed by atoms with Gasteiger partial charge in [-0.05, 0) is 31.2 Å². The zero-order valence-corrected chi connectivity index (χ0v) is 11.5. The van der Waals surface area contributed by atoms with Crippen molar-refractivity contribution in [3.8, 4) is 0 Å². The predicted molar refractivity (Wildman–Crippen MR) is 75.6 cm³/mol. The van der Waals surface area contributed by atoms with E-state index in [9.17, 15) is 9.59 Å². The van der Waals surface area contributed by atoms with Crippen LogP contribution in [0.5, 0.6) is 0 Å². The lowest BCUT2D eigenvalue weighted by Gasteiger charge is -2.32. The third-order valence-electron chi connectivity index (χ3n) is 3.41. The fourth-order valence-corrected chi connectivity index (χ4v) is 2.26. The normalized spacial score (nSPS) is 18.1. The van der Waals surface area contributed by atoms with Gasteiger partial charge in [-0.1, -0.05) is 12.1 Å². The highest BCUT2D eigenvalue weighted by molar-refractivity contribution is 5.95. The summed E-state index contributed by atoms with van der Waals surface area (Å²) in [6.07, 6.45) is 0.255. The van der Waals surface area contributed by atoms with Gasteiger partial charge in [-0.15, -0.1) is 0 Å². The van der Waals surface area contributed by atoms with Crippen LogP contribution < -0.4 is 10.6 Å². The summed E-state index contributed by atoms with van der Waals surface area (Å²) in [5.41, 5.74) is 7.16. The van der Waals surface area contributed by atoms with Crippen molar-refractivity contribution in [1.29, 1.82) is 0 Å². The molecule has 2 rings (SSSR count). The van der Waals surface area contributed by atoms with E-state index < -0.39 is 12.0 Å². The second kappa shape index (κ2) is 6.02. The molecule has 1 heterocycles. The minimum atomic E-state index is -1.02. The topological polar surface area (TPSA) is 86.9 Å². The summed E-state index contributed by atoms with van der Waals surface area (Å²) < 4.78 is 0. The smallest absolute Gasteiger partial charge is 0.320 e. The van der Waals surface area contributed by atoms with Crippen LogP contribution in [0.2, 0.25) is 0 Å². The van der Waals surface area contributed by atoms with E-state index in [4.69, 9.17) is 10.8 Å². The Morgan fingerprint density at radius 3 is 2.85 bits per heavy atom. The lowest BCUT2D eigenvalue weighted by atomic mass is 10.1. The van der Waals surface area contributed by atoms with E-state index in [-0.39, 0.29) is 12.3 Å². The van der Waals surface area contributed by atoms with Gasteiger partial charge in [0.05, 0.1) is 6.54 Å². The third kappa shape index (κ3) is 3.34. The minimum absolute atomic E-state index is 0.0541. The zero-order valence-electron chi connectivity index (χ0n) is 11.5. The van der Waals surface area contributed by atoms with Crippen LogP contribution >= 0.6 is 0 Å². The summed E-state index contributed by atoms with van der Waals surface area (Å²) in [5, 5.41) is 8.84. The molecule has 20 heavy (non-hydrogen) atoms. The molecule has 0 radical (unpaired) electrons. The molecule has 1 aliphatic rings. The van der Waals surface area contributed by atoms with E-state index in [1.54, 1.807) is 4.90 Å². The number of hydrogen-bond acceptors (Lipinski definition) is 4. The minimum Gasteiger partial charge on any atom is -0.480 e. The second-order valence-electron chi connectivity index (χ2n) is 5.10. The lowest BCUT2D eigenvalue weighted by Crippen LogP contribution is -2.48. The summed E-state index contributed by atoms with van der Waals surface area (Å²) in [4.78, 5) is 26.5. The quantitative estimate of drug-likeness (QED) is 0.804. The summed E-state index contributed by atoms with van der Waals surface area (Å²) in [6.45, 7) is 1.87. The van der Waals surface area contributed by atoms with Crippen LogP contribution in [0.3, 0.4) is 0 Å². The number of likely N-dealkylation sites (N-methyl/N-ethyl adjacent to an activating group) is 1. The molecule has 6 nitrogen and oxygen atoms in total. The highest BCUT2D eigenvalue weighted by atomic mass is 16.4. The molecule has 1 atom stereocenters. The van der Waals surface area contributed by atoms with Crippen molar-refractivity contribution in [2.75, 3.05) is 31.6 Å². The number of anilines is 1. The van der Waals surface area contributed by atoms with Crippen LogP contribution in [0.15, 0.2) is 24.3 Å². The first-order valence-electron chi connectivity index (χ1n) is 6.53. The Labute approximate surface area is 117 Å². The van der Waals surface area contributed by atoms with Gasteiger partial charge in [0.2, 0.25) is 5.91 Å². The molecular formula is C14H19N3O3. The van der Waals surface area contributed by atoms with E-state index in [2.05, 4.69) is 0 Å². The van der Waals surface area contributed by atoms with Gasteiger partial charge >= 0.3 is 5.97 Å². The first-order chi connectivity index (χ1) is 9.47. The maximum Gasteiger partial charge on any atom is 0.320 e. The van der Waals surface area contributed by atoms with Crippen LogP contribution in [0.1, 0.15) is 5.56 Å². The summed E-state index contributed by atoms with van der Waals surface area (Å²) in [7, 11) is 1.91. The number of hydrogen-bond donors (Lipinski definition) is 2. The van der Waals surface area contributed by atoms with Gasteiger partial charge in [0.15, 0.2) is 0 Å². The highest BCUT2D eigenvalue weighted by Gasteiger charge is 2.23. The van der Waals surface area contributed by atoms with Gasteiger partial charge in [-0.2, -0.15) is 0 Å². The fraction of sp³-hybridized carbons (Fsp3) is 0.429. The molecule has 0 aromatic heterocycles. The Morgan fingerprint density at radius 1 is 1.45 bits per heavy atom. The summed E-state index contributed by atoms with van der Waals surface area (Å²) in [6, 6.07) is 6.43. The molecule has 0 aliphatic carbocycles. The van der Waals surface area contributed by atoms with Crippen molar-refractivity contribution < 1.29 is 14.7 Å². The largest absolute Gasteiger partial charge is 0.480 e. The average Bonchev–Trinajstić information content (AvgIpc) is 2.38. The van der Waals surface area contributed by atoms with Gasteiger partial charge in [-0.25, -0.2) is 0 Å². The van der Waals surface area contributed by atoms with Crippen molar-refractivity contribution in [3.63, 3.8) is 0 Å². The van der Waals surface area contributed by atoms with Gasteiger partial charge in [-0.3, -0.25) is 14.5 Å². The Morgan fingerprint density at radius 2 is 2.20 bits per heavy atom. The molecule has 3 N–H and O–H groups in total. The van der Waals surface area contributed by atoms with Crippen LogP contribution in [0.4, 0.5) is 5.69 Å². The maximum absolute atomic E-state index is 12.0. The molecule has 1 amide bonds.